The molecule has 0 radical (unpaired) electrons. The predicted octanol–water partition coefficient (Wildman–Crippen LogP) is 3.36. The first-order chi connectivity index (χ1) is 7.41. The van der Waals surface area contributed by atoms with E-state index < -0.39 is 6.29 Å². The number of benzene rings is 1. The molecule has 0 spiro atoms. The van der Waals surface area contributed by atoms with Crippen LogP contribution in [0.2, 0.25) is 0 Å². The van der Waals surface area contributed by atoms with E-state index in [2.05, 4.69) is 9.47 Å². The van der Waals surface area contributed by atoms with Crippen molar-refractivity contribution < 1.29 is 23.4 Å². The Balaban J connectivity index is 0.000000606. The summed E-state index contributed by atoms with van der Waals surface area (Å²) < 4.78 is 33.8. The standard InChI is InChI=1S/C9H8F2O3.C2H6/c1-4-3-5(2)7-8(6(4)12)14-9(10,11)13-7;1-2/h3,12H,1-2H3;1-2H3. The minimum atomic E-state index is -3.68. The zero-order valence-corrected chi connectivity index (χ0v) is 9.60. The first-order valence-electron chi connectivity index (χ1n) is 5.00. The van der Waals surface area contributed by atoms with Crippen molar-refractivity contribution in [1.82, 2.24) is 0 Å². The fraction of sp³-hybridized carbons (Fsp3) is 0.455. The number of halogens is 2. The zero-order chi connectivity index (χ0) is 12.5. The number of hydrogen-bond acceptors (Lipinski definition) is 3. The van der Waals surface area contributed by atoms with Gasteiger partial charge in [-0.05, 0) is 31.0 Å². The number of ether oxygens (including phenoxy) is 2. The first-order valence-corrected chi connectivity index (χ1v) is 5.00. The van der Waals surface area contributed by atoms with Gasteiger partial charge >= 0.3 is 6.29 Å². The Morgan fingerprint density at radius 1 is 1.06 bits per heavy atom. The monoisotopic (exact) mass is 232 g/mol. The van der Waals surface area contributed by atoms with Crippen LogP contribution in [0.5, 0.6) is 17.2 Å². The van der Waals surface area contributed by atoms with E-state index in [1.54, 1.807) is 19.9 Å². The summed E-state index contributed by atoms with van der Waals surface area (Å²) in [6.45, 7) is 7.21. The lowest BCUT2D eigenvalue weighted by molar-refractivity contribution is -0.287. The predicted molar refractivity (Wildman–Crippen MR) is 55.1 cm³/mol. The number of rotatable bonds is 0. The Morgan fingerprint density at radius 3 is 2.12 bits per heavy atom. The average Bonchev–Trinajstić information content (AvgIpc) is 2.55. The van der Waals surface area contributed by atoms with Gasteiger partial charge in [0.15, 0.2) is 11.5 Å². The number of phenols is 1. The first kappa shape index (κ1) is 12.5. The smallest absolute Gasteiger partial charge is 0.504 e. The van der Waals surface area contributed by atoms with Crippen molar-refractivity contribution in [2.45, 2.75) is 34.0 Å². The van der Waals surface area contributed by atoms with E-state index in [4.69, 9.17) is 0 Å². The number of hydrogen-bond donors (Lipinski definition) is 1. The molecule has 0 saturated carbocycles. The Bertz CT molecular complexity index is 403. The fourth-order valence-electron chi connectivity index (χ4n) is 1.40. The van der Waals surface area contributed by atoms with E-state index in [1.807, 2.05) is 13.8 Å². The van der Waals surface area contributed by atoms with Crippen LogP contribution in [0.1, 0.15) is 25.0 Å². The minimum absolute atomic E-state index is 0.0990. The Morgan fingerprint density at radius 2 is 1.56 bits per heavy atom. The summed E-state index contributed by atoms with van der Waals surface area (Å²) in [7, 11) is 0. The highest BCUT2D eigenvalue weighted by atomic mass is 19.3. The van der Waals surface area contributed by atoms with E-state index in [9.17, 15) is 13.9 Å². The van der Waals surface area contributed by atoms with Crippen LogP contribution in [0, 0.1) is 13.8 Å². The van der Waals surface area contributed by atoms with Crippen LogP contribution in [0.3, 0.4) is 0 Å². The maximum absolute atomic E-state index is 12.7. The summed E-state index contributed by atoms with van der Waals surface area (Å²) in [6.07, 6.45) is -3.68. The molecule has 0 bridgehead atoms. The molecule has 0 aromatic heterocycles. The highest BCUT2D eigenvalue weighted by molar-refractivity contribution is 5.59. The van der Waals surface area contributed by atoms with Gasteiger partial charge in [0.05, 0.1) is 0 Å². The van der Waals surface area contributed by atoms with Crippen molar-refractivity contribution in [3.8, 4) is 17.2 Å². The maximum Gasteiger partial charge on any atom is 0.586 e. The molecular weight excluding hydrogens is 218 g/mol. The molecule has 0 atom stereocenters. The number of aromatic hydroxyl groups is 1. The molecule has 1 N–H and O–H groups in total. The molecular formula is C11H14F2O3. The van der Waals surface area contributed by atoms with Crippen molar-refractivity contribution in [1.29, 1.82) is 0 Å². The molecule has 1 aliphatic rings. The molecule has 90 valence electrons. The minimum Gasteiger partial charge on any atom is -0.504 e. The second-order valence-electron chi connectivity index (χ2n) is 3.18. The number of aryl methyl sites for hydroxylation is 2. The quantitative estimate of drug-likeness (QED) is 0.745. The Kier molecular flexibility index (Phi) is 3.26. The van der Waals surface area contributed by atoms with Gasteiger partial charge in [-0.3, -0.25) is 0 Å². The molecule has 2 rings (SSSR count). The molecule has 3 nitrogen and oxygen atoms in total. The molecule has 0 aliphatic carbocycles. The Labute approximate surface area is 92.6 Å². The lowest BCUT2D eigenvalue weighted by Crippen LogP contribution is -2.26. The maximum atomic E-state index is 12.7. The van der Waals surface area contributed by atoms with Crippen LogP contribution in [0.4, 0.5) is 8.78 Å². The van der Waals surface area contributed by atoms with Crippen LogP contribution in [-0.2, 0) is 0 Å². The average molecular weight is 232 g/mol. The van der Waals surface area contributed by atoms with Gasteiger partial charge in [0.25, 0.3) is 0 Å². The molecule has 0 fully saturated rings. The highest BCUT2D eigenvalue weighted by Gasteiger charge is 2.46. The molecule has 1 aromatic carbocycles. The number of fused-ring (bicyclic) bond motifs is 1. The summed E-state index contributed by atoms with van der Waals surface area (Å²) >= 11 is 0. The summed E-state index contributed by atoms with van der Waals surface area (Å²) in [6, 6.07) is 1.55. The molecule has 0 saturated heterocycles. The van der Waals surface area contributed by atoms with E-state index >= 15 is 0 Å². The summed E-state index contributed by atoms with van der Waals surface area (Å²) in [4.78, 5) is 0. The van der Waals surface area contributed by atoms with Crippen LogP contribution in [-0.4, -0.2) is 11.4 Å². The topological polar surface area (TPSA) is 38.7 Å². The van der Waals surface area contributed by atoms with Crippen molar-refractivity contribution in [2.75, 3.05) is 0 Å². The van der Waals surface area contributed by atoms with Gasteiger partial charge in [0.2, 0.25) is 5.75 Å². The third-order valence-electron chi connectivity index (χ3n) is 2.03. The fourth-order valence-corrected chi connectivity index (χ4v) is 1.40. The molecule has 0 amide bonds. The lowest BCUT2D eigenvalue weighted by Gasteiger charge is -2.04. The van der Waals surface area contributed by atoms with E-state index in [0.29, 0.717) is 11.1 Å². The van der Waals surface area contributed by atoms with Gasteiger partial charge in [0.1, 0.15) is 0 Å². The molecule has 1 aliphatic heterocycles. The zero-order valence-electron chi connectivity index (χ0n) is 9.60. The summed E-state index contributed by atoms with van der Waals surface area (Å²) in [5.41, 5.74) is 0.982. The molecule has 1 heterocycles. The molecule has 0 unspecified atom stereocenters. The number of alkyl halides is 2. The van der Waals surface area contributed by atoms with Gasteiger partial charge in [-0.25, -0.2) is 0 Å². The normalized spacial score (nSPS) is 15.4. The van der Waals surface area contributed by atoms with Crippen molar-refractivity contribution in [3.05, 3.63) is 17.2 Å². The van der Waals surface area contributed by atoms with Crippen molar-refractivity contribution in [2.24, 2.45) is 0 Å². The van der Waals surface area contributed by atoms with Crippen LogP contribution in [0.25, 0.3) is 0 Å². The van der Waals surface area contributed by atoms with Crippen LogP contribution >= 0.6 is 0 Å². The van der Waals surface area contributed by atoms with E-state index in [0.717, 1.165) is 0 Å². The van der Waals surface area contributed by atoms with Gasteiger partial charge in [-0.15, -0.1) is 8.78 Å². The molecule has 5 heteroatoms. The second kappa shape index (κ2) is 4.15. The van der Waals surface area contributed by atoms with Crippen molar-refractivity contribution >= 4 is 0 Å². The SMILES string of the molecule is CC.Cc1cc(C)c2c(c1O)OC(F)(F)O2. The van der Waals surface area contributed by atoms with Crippen LogP contribution in [0.15, 0.2) is 6.07 Å². The van der Waals surface area contributed by atoms with Gasteiger partial charge in [0, 0.05) is 0 Å². The third-order valence-corrected chi connectivity index (χ3v) is 2.03. The largest absolute Gasteiger partial charge is 0.586 e. The van der Waals surface area contributed by atoms with Gasteiger partial charge in [-0.2, -0.15) is 0 Å². The third kappa shape index (κ3) is 2.03. The van der Waals surface area contributed by atoms with Crippen LogP contribution < -0.4 is 9.47 Å². The number of phenolic OH excluding ortho intramolecular Hbond substituents is 1. The molecule has 16 heavy (non-hydrogen) atoms. The summed E-state index contributed by atoms with van der Waals surface area (Å²) in [5.74, 6) is -0.687. The molecule has 1 aromatic rings. The highest BCUT2D eigenvalue weighted by Crippen LogP contribution is 2.49. The van der Waals surface area contributed by atoms with E-state index in [-0.39, 0.29) is 17.2 Å². The van der Waals surface area contributed by atoms with Gasteiger partial charge in [-0.1, -0.05) is 13.8 Å². The van der Waals surface area contributed by atoms with Crippen molar-refractivity contribution in [3.63, 3.8) is 0 Å². The Hall–Kier alpha value is -1.52. The second-order valence-corrected chi connectivity index (χ2v) is 3.18. The lowest BCUT2D eigenvalue weighted by atomic mass is 10.1. The van der Waals surface area contributed by atoms with Gasteiger partial charge < -0.3 is 14.6 Å². The van der Waals surface area contributed by atoms with E-state index in [1.165, 1.54) is 0 Å². The summed E-state index contributed by atoms with van der Waals surface area (Å²) in [5, 5.41) is 9.44.